The van der Waals surface area contributed by atoms with E-state index in [4.69, 9.17) is 0 Å². The number of amides is 1. The van der Waals surface area contributed by atoms with Gasteiger partial charge in [0.2, 0.25) is 5.91 Å². The fraction of sp³-hybridized carbons (Fsp3) is 0.333. The summed E-state index contributed by atoms with van der Waals surface area (Å²) in [5, 5.41) is 3.02. The molecule has 3 rings (SSSR count). The van der Waals surface area contributed by atoms with Crippen LogP contribution in [0.4, 0.5) is 0 Å². The Kier molecular flexibility index (Phi) is 3.31. The highest BCUT2D eigenvalue weighted by Crippen LogP contribution is 2.32. The molecule has 1 aromatic carbocycles. The van der Waals surface area contributed by atoms with Crippen LogP contribution in [0.15, 0.2) is 36.8 Å². The Balaban J connectivity index is 1.57. The second-order valence-corrected chi connectivity index (χ2v) is 4.91. The number of nitrogens with one attached hydrogen (secondary N) is 2. The number of aromatic nitrogens is 2. The molecule has 0 spiro atoms. The molecule has 98 valence electrons. The van der Waals surface area contributed by atoms with Crippen LogP contribution in [0, 0.1) is 0 Å². The summed E-state index contributed by atoms with van der Waals surface area (Å²) in [5.41, 5.74) is 3.56. The van der Waals surface area contributed by atoms with Crippen LogP contribution in [0.3, 0.4) is 0 Å². The first-order valence-corrected chi connectivity index (χ1v) is 6.67. The maximum Gasteiger partial charge on any atom is 0.227 e. The molecule has 0 saturated heterocycles. The summed E-state index contributed by atoms with van der Waals surface area (Å²) in [6.45, 7) is 0.652. The van der Waals surface area contributed by atoms with Gasteiger partial charge in [-0.1, -0.05) is 24.3 Å². The molecular weight excluding hydrogens is 238 g/mol. The minimum Gasteiger partial charge on any atom is -0.355 e. The number of fused-ring (bicyclic) bond motifs is 1. The fourth-order valence-electron chi connectivity index (χ4n) is 2.69. The van der Waals surface area contributed by atoms with Gasteiger partial charge in [0, 0.05) is 24.9 Å². The molecule has 19 heavy (non-hydrogen) atoms. The number of hydrogen-bond donors (Lipinski definition) is 2. The van der Waals surface area contributed by atoms with Crippen LogP contribution in [0.25, 0.3) is 0 Å². The number of rotatable bonds is 4. The van der Waals surface area contributed by atoms with Crippen molar-refractivity contribution in [2.45, 2.75) is 25.2 Å². The number of carbonyl (C=O) groups excluding carboxylic acids is 1. The number of aryl methyl sites for hydroxylation is 1. The van der Waals surface area contributed by atoms with Gasteiger partial charge in [0.05, 0.1) is 12.2 Å². The third-order valence-corrected chi connectivity index (χ3v) is 3.70. The lowest BCUT2D eigenvalue weighted by Crippen LogP contribution is -2.30. The molecule has 0 fully saturated rings. The van der Waals surface area contributed by atoms with E-state index in [0.29, 0.717) is 6.54 Å². The number of hydrogen-bond acceptors (Lipinski definition) is 2. The molecule has 0 radical (unpaired) electrons. The average molecular weight is 255 g/mol. The highest BCUT2D eigenvalue weighted by molar-refractivity contribution is 5.84. The predicted molar refractivity (Wildman–Crippen MR) is 72.8 cm³/mol. The first-order valence-electron chi connectivity index (χ1n) is 6.67. The lowest BCUT2D eigenvalue weighted by molar-refractivity contribution is -0.122. The Morgan fingerprint density at radius 2 is 2.32 bits per heavy atom. The maximum absolute atomic E-state index is 12.2. The lowest BCUT2D eigenvalue weighted by atomic mass is 10.0. The molecule has 0 aliphatic heterocycles. The topological polar surface area (TPSA) is 57.8 Å². The van der Waals surface area contributed by atoms with E-state index < -0.39 is 0 Å². The molecule has 1 atom stereocenters. The van der Waals surface area contributed by atoms with Crippen molar-refractivity contribution in [3.63, 3.8) is 0 Å². The average Bonchev–Trinajstić information content (AvgIpc) is 3.07. The Bertz CT molecular complexity index is 563. The molecule has 1 aliphatic carbocycles. The van der Waals surface area contributed by atoms with Crippen molar-refractivity contribution >= 4 is 5.91 Å². The van der Waals surface area contributed by atoms with E-state index in [2.05, 4.69) is 27.4 Å². The van der Waals surface area contributed by atoms with E-state index in [9.17, 15) is 4.79 Å². The normalized spacial score (nSPS) is 17.2. The monoisotopic (exact) mass is 255 g/mol. The highest BCUT2D eigenvalue weighted by atomic mass is 16.1. The van der Waals surface area contributed by atoms with Crippen molar-refractivity contribution in [3.05, 3.63) is 53.6 Å². The number of H-pyrrole nitrogens is 1. The zero-order valence-corrected chi connectivity index (χ0v) is 10.7. The second kappa shape index (κ2) is 5.26. The zero-order valence-electron chi connectivity index (χ0n) is 10.7. The van der Waals surface area contributed by atoms with Gasteiger partial charge in [-0.05, 0) is 24.0 Å². The summed E-state index contributed by atoms with van der Waals surface area (Å²) < 4.78 is 0. The molecule has 2 aromatic rings. The van der Waals surface area contributed by atoms with Gasteiger partial charge in [-0.15, -0.1) is 0 Å². The number of aromatic amines is 1. The number of imidazole rings is 1. The Labute approximate surface area is 112 Å². The minimum atomic E-state index is 0.0259. The molecule has 0 saturated carbocycles. The van der Waals surface area contributed by atoms with Crippen molar-refractivity contribution in [3.8, 4) is 0 Å². The van der Waals surface area contributed by atoms with Crippen molar-refractivity contribution in [2.75, 3.05) is 6.54 Å². The third kappa shape index (κ3) is 2.52. The molecule has 1 amide bonds. The van der Waals surface area contributed by atoms with Crippen molar-refractivity contribution in [1.82, 2.24) is 15.3 Å². The van der Waals surface area contributed by atoms with Gasteiger partial charge in [-0.2, -0.15) is 0 Å². The number of nitrogens with zero attached hydrogens (tertiary/aromatic N) is 1. The molecular formula is C15H17N3O. The quantitative estimate of drug-likeness (QED) is 0.875. The molecule has 1 aromatic heterocycles. The SMILES string of the molecule is O=C(NCCc1cnc[nH]1)C1CCc2ccccc21. The highest BCUT2D eigenvalue weighted by Gasteiger charge is 2.27. The maximum atomic E-state index is 12.2. The molecule has 1 aliphatic rings. The fourth-order valence-corrected chi connectivity index (χ4v) is 2.69. The van der Waals surface area contributed by atoms with E-state index in [1.165, 1.54) is 11.1 Å². The van der Waals surface area contributed by atoms with Gasteiger partial charge < -0.3 is 10.3 Å². The van der Waals surface area contributed by atoms with Crippen LogP contribution in [-0.2, 0) is 17.6 Å². The second-order valence-electron chi connectivity index (χ2n) is 4.91. The van der Waals surface area contributed by atoms with E-state index in [1.807, 2.05) is 12.1 Å². The van der Waals surface area contributed by atoms with Crippen LogP contribution < -0.4 is 5.32 Å². The standard InChI is InChI=1S/C15H17N3O/c19-15(17-8-7-12-9-16-10-18-12)14-6-5-11-3-1-2-4-13(11)14/h1-4,9-10,14H,5-8H2,(H,16,18)(H,17,19). The summed E-state index contributed by atoms with van der Waals surface area (Å²) in [5.74, 6) is 0.169. The summed E-state index contributed by atoms with van der Waals surface area (Å²) in [7, 11) is 0. The van der Waals surface area contributed by atoms with Gasteiger partial charge in [0.15, 0.2) is 0 Å². The molecule has 4 heteroatoms. The van der Waals surface area contributed by atoms with Crippen molar-refractivity contribution in [2.24, 2.45) is 0 Å². The molecule has 0 bridgehead atoms. The molecule has 4 nitrogen and oxygen atoms in total. The zero-order chi connectivity index (χ0) is 13.1. The van der Waals surface area contributed by atoms with E-state index in [0.717, 1.165) is 25.0 Å². The van der Waals surface area contributed by atoms with Crippen LogP contribution in [0.5, 0.6) is 0 Å². The number of benzene rings is 1. The largest absolute Gasteiger partial charge is 0.355 e. The Hall–Kier alpha value is -2.10. The summed E-state index contributed by atoms with van der Waals surface area (Å²) in [4.78, 5) is 19.2. The minimum absolute atomic E-state index is 0.0259. The first kappa shape index (κ1) is 12.0. The molecule has 1 unspecified atom stereocenters. The van der Waals surface area contributed by atoms with Gasteiger partial charge in [0.1, 0.15) is 0 Å². The van der Waals surface area contributed by atoms with Gasteiger partial charge in [0.25, 0.3) is 0 Å². The third-order valence-electron chi connectivity index (χ3n) is 3.70. The van der Waals surface area contributed by atoms with Crippen LogP contribution in [-0.4, -0.2) is 22.4 Å². The van der Waals surface area contributed by atoms with Gasteiger partial charge in [-0.25, -0.2) is 4.98 Å². The first-order chi connectivity index (χ1) is 9.34. The Morgan fingerprint density at radius 3 is 3.16 bits per heavy atom. The van der Waals surface area contributed by atoms with Gasteiger partial charge in [-0.3, -0.25) is 4.79 Å². The van der Waals surface area contributed by atoms with E-state index >= 15 is 0 Å². The van der Waals surface area contributed by atoms with Crippen molar-refractivity contribution in [1.29, 1.82) is 0 Å². The van der Waals surface area contributed by atoms with Crippen LogP contribution in [0.2, 0.25) is 0 Å². The summed E-state index contributed by atoms with van der Waals surface area (Å²) in [6.07, 6.45) is 6.17. The molecule has 1 heterocycles. The summed E-state index contributed by atoms with van der Waals surface area (Å²) in [6, 6.07) is 8.24. The lowest BCUT2D eigenvalue weighted by Gasteiger charge is -2.11. The van der Waals surface area contributed by atoms with Gasteiger partial charge >= 0.3 is 0 Å². The van der Waals surface area contributed by atoms with E-state index in [-0.39, 0.29) is 11.8 Å². The predicted octanol–water partition coefficient (Wildman–Crippen LogP) is 1.80. The number of carbonyl (C=O) groups is 1. The van der Waals surface area contributed by atoms with Crippen LogP contribution in [0.1, 0.15) is 29.2 Å². The van der Waals surface area contributed by atoms with E-state index in [1.54, 1.807) is 12.5 Å². The molecule has 2 N–H and O–H groups in total. The van der Waals surface area contributed by atoms with Crippen LogP contribution >= 0.6 is 0 Å². The Morgan fingerprint density at radius 1 is 1.42 bits per heavy atom. The smallest absolute Gasteiger partial charge is 0.227 e. The van der Waals surface area contributed by atoms with Crippen molar-refractivity contribution < 1.29 is 4.79 Å². The summed E-state index contributed by atoms with van der Waals surface area (Å²) >= 11 is 0.